The minimum Gasteiger partial charge on any atom is -0.309 e. The first-order valence-corrected chi connectivity index (χ1v) is 17.1. The van der Waals surface area contributed by atoms with E-state index in [0.717, 1.165) is 71.8 Å². The maximum absolute atomic E-state index is 9.68. The number of fused-ring (bicyclic) bond motifs is 7. The summed E-state index contributed by atoms with van der Waals surface area (Å²) in [6, 6.07) is 55.5. The van der Waals surface area contributed by atoms with Crippen LogP contribution in [0.25, 0.3) is 89.3 Å². The molecule has 0 atom stereocenters. The number of hydrogen-bond acceptors (Lipinski definition) is 5. The molecule has 10 aromatic rings. The zero-order valence-electron chi connectivity index (χ0n) is 27.7. The lowest BCUT2D eigenvalue weighted by atomic mass is 10.1. The van der Waals surface area contributed by atoms with E-state index in [-0.39, 0.29) is 0 Å². The topological polar surface area (TPSA) is 85.2 Å². The highest BCUT2D eigenvalue weighted by Gasteiger charge is 2.23. The Bertz CT molecular complexity index is 3030. The smallest absolute Gasteiger partial charge is 0.166 e. The monoisotopic (exact) mass is 665 g/mol. The van der Waals surface area contributed by atoms with Crippen LogP contribution in [0.4, 0.5) is 0 Å². The van der Waals surface area contributed by atoms with Crippen molar-refractivity contribution in [3.05, 3.63) is 169 Å². The second kappa shape index (κ2) is 11.9. The fourth-order valence-corrected chi connectivity index (χ4v) is 7.40. The van der Waals surface area contributed by atoms with Gasteiger partial charge >= 0.3 is 0 Å². The van der Waals surface area contributed by atoms with Gasteiger partial charge in [-0.05, 0) is 60.7 Å². The molecule has 0 aliphatic carbocycles. The van der Waals surface area contributed by atoms with Crippen LogP contribution in [-0.2, 0) is 0 Å². The zero-order chi connectivity index (χ0) is 34.6. The summed E-state index contributed by atoms with van der Waals surface area (Å²) in [5.41, 5.74) is 9.10. The molecule has 0 saturated carbocycles. The third kappa shape index (κ3) is 4.59. The molecule has 0 spiro atoms. The molecule has 7 heteroatoms. The van der Waals surface area contributed by atoms with Crippen LogP contribution >= 0.6 is 0 Å². The summed E-state index contributed by atoms with van der Waals surface area (Å²) in [4.78, 5) is 20.1. The lowest BCUT2D eigenvalue weighted by molar-refractivity contribution is 1.06. The predicted octanol–water partition coefficient (Wildman–Crippen LogP) is 10.3. The summed E-state index contributed by atoms with van der Waals surface area (Å²) in [5.74, 6) is 1.56. The lowest BCUT2D eigenvalue weighted by Crippen LogP contribution is -2.04. The molecule has 52 heavy (non-hydrogen) atoms. The van der Waals surface area contributed by atoms with Crippen molar-refractivity contribution >= 4 is 43.7 Å². The molecule has 4 aromatic heterocycles. The van der Waals surface area contributed by atoms with Gasteiger partial charge in [-0.25, -0.2) is 19.9 Å². The van der Waals surface area contributed by atoms with Crippen molar-refractivity contribution in [1.82, 2.24) is 29.1 Å². The van der Waals surface area contributed by atoms with Crippen molar-refractivity contribution in [3.63, 3.8) is 0 Å². The predicted molar refractivity (Wildman–Crippen MR) is 207 cm³/mol. The second-order valence-corrected chi connectivity index (χ2v) is 12.6. The number of para-hydroxylation sites is 3. The van der Waals surface area contributed by atoms with Crippen LogP contribution in [0.1, 0.15) is 5.56 Å². The molecule has 0 aliphatic heterocycles. The molecule has 242 valence electrons. The molecule has 0 unspecified atom stereocenters. The van der Waals surface area contributed by atoms with Crippen LogP contribution in [-0.4, -0.2) is 29.1 Å². The van der Waals surface area contributed by atoms with E-state index >= 15 is 0 Å². The van der Waals surface area contributed by atoms with Crippen LogP contribution in [0.5, 0.6) is 0 Å². The first kappa shape index (κ1) is 29.5. The van der Waals surface area contributed by atoms with Gasteiger partial charge in [0, 0.05) is 50.1 Å². The molecule has 0 amide bonds. The number of hydrogen-bond donors (Lipinski definition) is 0. The van der Waals surface area contributed by atoms with Gasteiger partial charge in [-0.2, -0.15) is 5.26 Å². The molecule has 4 heterocycles. The molecule has 0 saturated heterocycles. The Balaban J connectivity index is 1.31. The maximum Gasteiger partial charge on any atom is 0.166 e. The fourth-order valence-electron chi connectivity index (χ4n) is 7.40. The van der Waals surface area contributed by atoms with Gasteiger partial charge in [0.05, 0.1) is 33.9 Å². The minimum absolute atomic E-state index is 0.490. The van der Waals surface area contributed by atoms with Crippen LogP contribution < -0.4 is 0 Å². The van der Waals surface area contributed by atoms with Crippen molar-refractivity contribution < 1.29 is 0 Å². The summed E-state index contributed by atoms with van der Waals surface area (Å²) in [7, 11) is 0. The molecule has 6 aromatic carbocycles. The van der Waals surface area contributed by atoms with Gasteiger partial charge in [0.2, 0.25) is 0 Å². The van der Waals surface area contributed by atoms with Crippen LogP contribution in [0.2, 0.25) is 0 Å². The Hall–Kier alpha value is -7.43. The first-order valence-electron chi connectivity index (χ1n) is 17.1. The molecule has 0 aliphatic rings. The van der Waals surface area contributed by atoms with E-state index in [1.54, 1.807) is 6.07 Å². The van der Waals surface area contributed by atoms with Crippen molar-refractivity contribution in [1.29, 1.82) is 5.26 Å². The Kier molecular flexibility index (Phi) is 6.73. The Morgan fingerprint density at radius 3 is 2.04 bits per heavy atom. The highest BCUT2D eigenvalue weighted by atomic mass is 15.1. The van der Waals surface area contributed by atoms with E-state index in [1.807, 2.05) is 79.0 Å². The number of benzene rings is 6. The van der Waals surface area contributed by atoms with Crippen LogP contribution in [0.3, 0.4) is 0 Å². The highest BCUT2D eigenvalue weighted by Crippen LogP contribution is 2.42. The van der Waals surface area contributed by atoms with Gasteiger partial charge in [-0.15, -0.1) is 0 Å². The molecule has 0 radical (unpaired) electrons. The Morgan fingerprint density at radius 1 is 0.500 bits per heavy atom. The number of pyridine rings is 1. The normalized spacial score (nSPS) is 11.4. The Labute approximate surface area is 298 Å². The highest BCUT2D eigenvalue weighted by molar-refractivity contribution is 6.26. The molecular formula is C45H27N7. The largest absolute Gasteiger partial charge is 0.309 e. The first-order chi connectivity index (χ1) is 25.8. The van der Waals surface area contributed by atoms with E-state index in [1.165, 1.54) is 0 Å². The average Bonchev–Trinajstić information content (AvgIpc) is 3.74. The second-order valence-electron chi connectivity index (χ2n) is 12.6. The van der Waals surface area contributed by atoms with Gasteiger partial charge in [-0.1, -0.05) is 97.1 Å². The van der Waals surface area contributed by atoms with Crippen molar-refractivity contribution in [2.24, 2.45) is 0 Å². The lowest BCUT2D eigenvalue weighted by Gasteiger charge is -2.15. The number of rotatable bonds is 5. The van der Waals surface area contributed by atoms with Crippen LogP contribution in [0, 0.1) is 11.3 Å². The Morgan fingerprint density at radius 2 is 1.19 bits per heavy atom. The SMILES string of the molecule is N#Cc1cccc(-c2nc(-c3ccccc3)nc(-c3ccccc3-n3c4ncccc4c4ccc5c(c6ccccc6n5-c5ccccc5)c43)n2)c1. The molecule has 7 nitrogen and oxygen atoms in total. The molecule has 0 N–H and O–H groups in total. The minimum atomic E-state index is 0.490. The summed E-state index contributed by atoms with van der Waals surface area (Å²) in [5, 5.41) is 14.1. The van der Waals surface area contributed by atoms with E-state index in [9.17, 15) is 5.26 Å². The standard InChI is InChI=1S/C45H27N7/c46-28-29-13-11-16-31(27-29)43-48-42(30-14-3-1-4-15-30)49-44(50-43)36-20-8-10-23-38(36)52-41-33(34-21-12-26-47-45(34)52)24-25-39-40(41)35-19-7-9-22-37(35)51(39)32-17-5-2-6-18-32/h1-27H. The van der Waals surface area contributed by atoms with Crippen molar-refractivity contribution in [3.8, 4) is 51.6 Å². The van der Waals surface area contributed by atoms with Crippen molar-refractivity contribution in [2.45, 2.75) is 0 Å². The molecular weight excluding hydrogens is 639 g/mol. The quantitative estimate of drug-likeness (QED) is 0.183. The average molecular weight is 666 g/mol. The maximum atomic E-state index is 9.68. The molecule has 10 rings (SSSR count). The summed E-state index contributed by atoms with van der Waals surface area (Å²) in [6.45, 7) is 0. The van der Waals surface area contributed by atoms with E-state index in [4.69, 9.17) is 19.9 Å². The third-order valence-electron chi connectivity index (χ3n) is 9.64. The van der Waals surface area contributed by atoms with Gasteiger partial charge in [0.1, 0.15) is 5.65 Å². The van der Waals surface area contributed by atoms with Gasteiger partial charge in [-0.3, -0.25) is 4.57 Å². The zero-order valence-corrected chi connectivity index (χ0v) is 27.7. The molecule has 0 bridgehead atoms. The van der Waals surface area contributed by atoms with Crippen LogP contribution in [0.15, 0.2) is 164 Å². The number of aromatic nitrogens is 6. The van der Waals surface area contributed by atoms with Gasteiger partial charge in [0.25, 0.3) is 0 Å². The third-order valence-corrected chi connectivity index (χ3v) is 9.64. The number of nitrogens with zero attached hydrogens (tertiary/aromatic N) is 7. The summed E-state index contributed by atoms with van der Waals surface area (Å²) < 4.78 is 4.61. The van der Waals surface area contributed by atoms with Gasteiger partial charge in [0.15, 0.2) is 17.5 Å². The number of nitriles is 1. The van der Waals surface area contributed by atoms with E-state index in [2.05, 4.69) is 94.1 Å². The summed E-state index contributed by atoms with van der Waals surface area (Å²) >= 11 is 0. The summed E-state index contributed by atoms with van der Waals surface area (Å²) in [6.07, 6.45) is 1.85. The molecule has 0 fully saturated rings. The van der Waals surface area contributed by atoms with Gasteiger partial charge < -0.3 is 4.57 Å². The van der Waals surface area contributed by atoms with E-state index < -0.39 is 0 Å². The fraction of sp³-hybridized carbons (Fsp3) is 0. The van der Waals surface area contributed by atoms with E-state index in [0.29, 0.717) is 23.0 Å². The van der Waals surface area contributed by atoms with Crippen molar-refractivity contribution in [2.75, 3.05) is 0 Å².